The zero-order chi connectivity index (χ0) is 34.1. The average molecular weight is 1610 g/mol. The normalized spacial score (nSPS) is 16.9. The van der Waals surface area contributed by atoms with Crippen LogP contribution in [0.25, 0.3) is 0 Å². The van der Waals surface area contributed by atoms with Crippen LogP contribution in [-0.4, -0.2) is 90.1 Å². The van der Waals surface area contributed by atoms with E-state index >= 15 is 0 Å². The Morgan fingerprint density at radius 3 is 1.17 bits per heavy atom. The summed E-state index contributed by atoms with van der Waals surface area (Å²) in [6.45, 7) is 16.2. The van der Waals surface area contributed by atoms with E-state index in [1.165, 1.54) is 34.0 Å². The fourth-order valence-corrected chi connectivity index (χ4v) is 11.2. The molecule has 1 heterocycles. The van der Waals surface area contributed by atoms with Crippen LogP contribution in [0.15, 0.2) is 54.6 Å². The van der Waals surface area contributed by atoms with Gasteiger partial charge in [-0.1, -0.05) is 0 Å². The van der Waals surface area contributed by atoms with E-state index in [1.54, 1.807) is 57.6 Å². The second-order valence-corrected chi connectivity index (χ2v) is 20.0. The SMILES string of the molecule is CC(C)(C)OC(=O)CN1CCN(Cc2[c]([Er])ccc[c]2[Re])CCN(Cc2[c]([Er])ccc[c]2[Re])CCN(Cc2[c]([Er])ccc[c]2[Re])CC1. The Kier molecular flexibility index (Phi) is 18.9. The molecule has 0 atom stereocenters. The molecule has 1 fully saturated rings. The van der Waals surface area contributed by atoms with Gasteiger partial charge in [-0.25, -0.2) is 0 Å². The van der Waals surface area contributed by atoms with Gasteiger partial charge in [-0.05, 0) is 0 Å². The Hall–Kier alpha value is 2.70. The first kappa shape index (κ1) is 42.4. The summed E-state index contributed by atoms with van der Waals surface area (Å²) in [6.07, 6.45) is 0. The van der Waals surface area contributed by atoms with E-state index in [0.29, 0.717) is 6.54 Å². The third-order valence-electron chi connectivity index (χ3n) is 7.91. The Labute approximate surface area is 385 Å². The van der Waals surface area contributed by atoms with Crippen LogP contribution in [0.2, 0.25) is 0 Å². The number of carbonyl (C=O) groups excluding carboxylic acids is 1. The summed E-state index contributed by atoms with van der Waals surface area (Å²) < 4.78 is 13.8. The Morgan fingerprint density at radius 2 is 0.894 bits per heavy atom. The molecule has 3 aromatic carbocycles. The molecule has 12 heteroatoms. The van der Waals surface area contributed by atoms with Crippen LogP contribution in [0.4, 0.5) is 0 Å². The quantitative estimate of drug-likeness (QED) is 0.301. The Morgan fingerprint density at radius 1 is 0.596 bits per heavy atom. The summed E-state index contributed by atoms with van der Waals surface area (Å²) in [5.41, 5.74) is 3.74. The summed E-state index contributed by atoms with van der Waals surface area (Å²) in [4.78, 5) is 23.3. The van der Waals surface area contributed by atoms with Crippen molar-refractivity contribution >= 4 is 23.2 Å². The number of hydrogen-bond acceptors (Lipinski definition) is 6. The van der Waals surface area contributed by atoms with Crippen molar-refractivity contribution in [2.45, 2.75) is 46.0 Å². The van der Waals surface area contributed by atoms with Crippen LogP contribution in [0.5, 0.6) is 0 Å². The van der Waals surface area contributed by atoms with Crippen molar-refractivity contribution in [1.82, 2.24) is 19.6 Å². The van der Waals surface area contributed by atoms with E-state index in [9.17, 15) is 4.79 Å². The van der Waals surface area contributed by atoms with Gasteiger partial charge in [-0.2, -0.15) is 0 Å². The minimum atomic E-state index is -0.497. The van der Waals surface area contributed by atoms with Gasteiger partial charge in [-0.3, -0.25) is 0 Å². The molecule has 0 aromatic heterocycles. The molecule has 271 valence electrons. The van der Waals surface area contributed by atoms with Crippen molar-refractivity contribution in [3.8, 4) is 0 Å². The summed E-state index contributed by atoms with van der Waals surface area (Å²) >= 11 is 14.1. The molecular formula is C35H42Er3N4O2Re3. The molecule has 1 aliphatic rings. The molecule has 0 aliphatic carbocycles. The molecule has 0 radical (unpaired) electrons. The molecule has 47 heavy (non-hydrogen) atoms. The van der Waals surface area contributed by atoms with Crippen molar-refractivity contribution in [1.29, 1.82) is 0 Å². The van der Waals surface area contributed by atoms with E-state index in [-0.39, 0.29) is 5.97 Å². The van der Waals surface area contributed by atoms with Crippen molar-refractivity contribution in [2.24, 2.45) is 0 Å². The third-order valence-corrected chi connectivity index (χ3v) is 14.3. The van der Waals surface area contributed by atoms with Crippen LogP contribution in [0, 0.1) is 106 Å². The van der Waals surface area contributed by atoms with Gasteiger partial charge in [0.05, 0.1) is 0 Å². The first-order chi connectivity index (χ1) is 22.3. The number of ether oxygens (including phenoxy) is 1. The third kappa shape index (κ3) is 14.5. The van der Waals surface area contributed by atoms with Gasteiger partial charge in [0.25, 0.3) is 0 Å². The van der Waals surface area contributed by atoms with Crippen molar-refractivity contribution in [2.75, 3.05) is 58.9 Å². The second-order valence-electron chi connectivity index (χ2n) is 12.6. The Balaban J connectivity index is 1.63. The van der Waals surface area contributed by atoms with Crippen LogP contribution in [0.3, 0.4) is 0 Å². The standard InChI is InChI=1S/C35H42N4O2.3Er.3Re/c1-35(2,3)41-34(40)30-39-25-23-37(28-32-15-9-5-10-16-32)21-19-36(27-31-13-7-4-8-14-31)20-22-38(24-26-39)29-33-17-11-6-12-18-33;;;;;;/h4-12H,19-30H2,1-3H3;;;;;;. The van der Waals surface area contributed by atoms with Crippen molar-refractivity contribution < 1.29 is 173 Å². The fourth-order valence-electron chi connectivity index (χ4n) is 5.41. The summed E-state index contributed by atoms with van der Waals surface area (Å²) in [5, 5.41) is 0. The molecule has 0 unspecified atom stereocenters. The second kappa shape index (κ2) is 21.0. The zero-order valence-corrected chi connectivity index (χ0v) is 40.5. The molecule has 1 saturated heterocycles. The molecule has 6 nitrogen and oxygen atoms in total. The molecule has 3 aromatic rings. The first-order valence-electron chi connectivity index (χ1n) is 15.6. The van der Waals surface area contributed by atoms with Crippen LogP contribution < -0.4 is 17.3 Å². The first-order valence-corrected chi connectivity index (χ1v) is 22.4. The number of benzene rings is 3. The maximum atomic E-state index is 13.1. The van der Waals surface area contributed by atoms with E-state index < -0.39 is 5.60 Å². The van der Waals surface area contributed by atoms with Gasteiger partial charge in [-0.15, -0.1) is 0 Å². The maximum absolute atomic E-state index is 13.1. The van der Waals surface area contributed by atoms with Crippen LogP contribution >= 0.6 is 0 Å². The molecule has 0 bridgehead atoms. The van der Waals surface area contributed by atoms with Crippen molar-refractivity contribution in [3.05, 3.63) is 71.3 Å². The van der Waals surface area contributed by atoms with Gasteiger partial charge in [0.15, 0.2) is 0 Å². The molecule has 4 rings (SSSR count). The van der Waals surface area contributed by atoms with Gasteiger partial charge < -0.3 is 0 Å². The van der Waals surface area contributed by atoms with E-state index in [0.717, 1.165) is 72.0 Å². The van der Waals surface area contributed by atoms with E-state index in [4.69, 9.17) is 4.74 Å². The predicted octanol–water partition coefficient (Wildman–Crippen LogP) is 0.190. The van der Waals surface area contributed by atoms with Gasteiger partial charge in [0, 0.05) is 0 Å². The Bertz CT molecular complexity index is 1380. The number of carbonyl (C=O) groups is 1. The molecule has 0 saturated carbocycles. The zero-order valence-electron chi connectivity index (χ0n) is 26.8. The number of esters is 1. The van der Waals surface area contributed by atoms with Gasteiger partial charge in [0.1, 0.15) is 0 Å². The van der Waals surface area contributed by atoms with E-state index in [2.05, 4.69) is 180 Å². The fraction of sp³-hybridized carbons (Fsp3) is 0.457. The molecule has 0 amide bonds. The molecule has 1 aliphatic heterocycles. The van der Waals surface area contributed by atoms with Crippen LogP contribution in [-0.2, 0) is 86.8 Å². The van der Waals surface area contributed by atoms with E-state index in [1.807, 2.05) is 20.8 Å². The van der Waals surface area contributed by atoms with Crippen LogP contribution in [0.1, 0.15) is 37.5 Å². The van der Waals surface area contributed by atoms with Gasteiger partial charge >= 0.3 is 392 Å². The monoisotopic (exact) mass is 1610 g/mol. The topological polar surface area (TPSA) is 39.3 Å². The predicted molar refractivity (Wildman–Crippen MR) is 165 cm³/mol. The molecule has 0 N–H and O–H groups in total. The number of nitrogens with zero attached hydrogens (tertiary/aromatic N) is 4. The summed E-state index contributed by atoms with van der Waals surface area (Å²) in [7, 11) is 0. The average Bonchev–Trinajstić information content (AvgIpc) is 2.98. The minimum absolute atomic E-state index is 0.149. The molecular weight excluding hydrogens is 1570 g/mol. The summed E-state index contributed by atoms with van der Waals surface area (Å²) in [5.74, 6) is -0.149. The van der Waals surface area contributed by atoms with Crippen molar-refractivity contribution in [3.63, 3.8) is 0 Å². The van der Waals surface area contributed by atoms with Gasteiger partial charge in [0.2, 0.25) is 0 Å². The number of rotatable bonds is 8. The summed E-state index contributed by atoms with van der Waals surface area (Å²) in [6, 6.07) is 19.8. The number of hydrogen-bond donors (Lipinski definition) is 0. The molecule has 0 spiro atoms.